The quantitative estimate of drug-likeness (QED) is 0.0962. The number of hydrogen-bond acceptors (Lipinski definition) is 7. The lowest BCUT2D eigenvalue weighted by atomic mass is 9.56. The Morgan fingerprint density at radius 2 is 1.61 bits per heavy atom. The molecule has 2 heterocycles. The van der Waals surface area contributed by atoms with Crippen molar-refractivity contribution in [2.24, 2.45) is 17.8 Å². The second-order valence-corrected chi connectivity index (χ2v) is 14.4. The number of benzene rings is 3. The molecular weight excluding hydrogens is 735 g/mol. The Kier molecular flexibility index (Phi) is 8.40. The van der Waals surface area contributed by atoms with Crippen LogP contribution in [-0.2, 0) is 19.2 Å². The van der Waals surface area contributed by atoms with Gasteiger partial charge in [-0.3, -0.25) is 29.0 Å². The fourth-order valence-electron chi connectivity index (χ4n) is 7.94. The zero-order valence-electron chi connectivity index (χ0n) is 26.4. The lowest BCUT2D eigenvalue weighted by molar-refractivity contribution is -0.138. The number of aromatic hydroxyl groups is 1. The number of carbonyl (C=O) groups is 4. The fraction of sp³-hybridized carbons (Fsp3) is 0.297. The molecule has 0 aromatic heterocycles. The number of fused-ring (bicyclic) bond motifs is 4. The average Bonchev–Trinajstić information content (AvgIpc) is 3.45. The number of methoxy groups -OCH3 is 2. The zero-order valence-corrected chi connectivity index (χ0v) is 29.5. The maximum absolute atomic E-state index is 14.3. The minimum Gasteiger partial charge on any atom is -0.508 e. The van der Waals surface area contributed by atoms with Crippen LogP contribution in [0.4, 0.5) is 5.69 Å². The summed E-state index contributed by atoms with van der Waals surface area (Å²) in [6.45, 7) is 0. The number of amides is 4. The topological polar surface area (TPSA) is 113 Å². The number of halogens is 3. The van der Waals surface area contributed by atoms with Crippen molar-refractivity contribution in [3.8, 4) is 17.2 Å². The molecule has 1 saturated carbocycles. The van der Waals surface area contributed by atoms with Gasteiger partial charge in [-0.25, -0.2) is 0 Å². The molecule has 2 saturated heterocycles. The monoisotopic (exact) mass is 764 g/mol. The molecule has 3 fully saturated rings. The van der Waals surface area contributed by atoms with E-state index in [1.807, 2.05) is 48.6 Å². The highest BCUT2D eigenvalue weighted by Crippen LogP contribution is 2.65. The van der Waals surface area contributed by atoms with Crippen molar-refractivity contribution < 1.29 is 33.8 Å². The number of phenolic OH excluding ortho intramolecular Hbond substituents is 1. The normalized spacial score (nSPS) is 29.2. The van der Waals surface area contributed by atoms with Gasteiger partial charge in [0.15, 0.2) is 9.75 Å². The van der Waals surface area contributed by atoms with Crippen molar-refractivity contribution in [3.05, 3.63) is 95.1 Å². The van der Waals surface area contributed by atoms with E-state index in [2.05, 4.69) is 15.9 Å². The maximum Gasteiger partial charge on any atom is 0.254 e. The van der Waals surface area contributed by atoms with E-state index < -0.39 is 51.1 Å². The molecular formula is C37H31BrCl2N2O7. The number of phenols is 1. The van der Waals surface area contributed by atoms with Crippen LogP contribution in [0.1, 0.15) is 35.4 Å². The summed E-state index contributed by atoms with van der Waals surface area (Å²) >= 11 is 17.7. The van der Waals surface area contributed by atoms with E-state index in [0.29, 0.717) is 28.3 Å². The average molecular weight is 766 g/mol. The third-order valence-electron chi connectivity index (χ3n) is 10.3. The molecule has 4 aliphatic rings. The number of nitrogens with zero attached hydrogens (tertiary/aromatic N) is 2. The molecule has 12 heteroatoms. The number of allylic oxidation sites excluding steroid dienone is 2. The summed E-state index contributed by atoms with van der Waals surface area (Å²) < 4.78 is 10.8. The minimum atomic E-state index is -1.89. The lowest BCUT2D eigenvalue weighted by Gasteiger charge is -2.50. The van der Waals surface area contributed by atoms with E-state index in [-0.39, 0.29) is 30.0 Å². The number of carbonyl (C=O) groups excluding carboxylic acids is 4. The number of rotatable bonds is 7. The summed E-state index contributed by atoms with van der Waals surface area (Å²) in [5.41, 5.74) is 3.23. The number of anilines is 1. The first-order valence-electron chi connectivity index (χ1n) is 15.7. The van der Waals surface area contributed by atoms with Gasteiger partial charge < -0.3 is 14.6 Å². The standard InChI is InChI=1S/C37H31BrCl2N2O7/c1-48-25-13-16-29(49-2)22(17-25)6-3-20-4-9-23(10-5-20)42-32(44)27-15-14-26-28(30(27)33(42)45)18-36(39)34(46)41(19-38)35(47)37(36,40)31(26)21-7-11-24(43)12-8-21/h3-14,16-17,27-28,30-31,43H,15,18-19H2,1-2H3/t27-,28+,30-,31-,36+,37-/m0/s1. The van der Waals surface area contributed by atoms with E-state index in [0.717, 1.165) is 16.0 Å². The molecule has 7 rings (SSSR count). The largest absolute Gasteiger partial charge is 0.508 e. The summed E-state index contributed by atoms with van der Waals surface area (Å²) in [6, 6.07) is 18.8. The molecule has 49 heavy (non-hydrogen) atoms. The molecule has 2 aliphatic heterocycles. The molecule has 6 atom stereocenters. The lowest BCUT2D eigenvalue weighted by Crippen LogP contribution is -2.60. The molecule has 3 aromatic carbocycles. The third-order valence-corrected chi connectivity index (χ3v) is 12.2. The molecule has 4 amide bonds. The predicted octanol–water partition coefficient (Wildman–Crippen LogP) is 6.50. The van der Waals surface area contributed by atoms with Gasteiger partial charge in [0.25, 0.3) is 11.8 Å². The first-order chi connectivity index (χ1) is 23.5. The van der Waals surface area contributed by atoms with Crippen molar-refractivity contribution in [1.82, 2.24) is 4.90 Å². The highest BCUT2D eigenvalue weighted by Gasteiger charge is 2.76. The fourth-order valence-corrected chi connectivity index (χ4v) is 9.36. The number of ether oxygens (including phenoxy) is 2. The summed E-state index contributed by atoms with van der Waals surface area (Å²) in [4.78, 5) is 54.4. The van der Waals surface area contributed by atoms with Gasteiger partial charge >= 0.3 is 0 Å². The maximum atomic E-state index is 14.3. The van der Waals surface area contributed by atoms with Gasteiger partial charge in [0.05, 0.1) is 37.2 Å². The molecule has 1 N–H and O–H groups in total. The van der Waals surface area contributed by atoms with Crippen LogP contribution in [0, 0.1) is 17.8 Å². The Morgan fingerprint density at radius 1 is 0.898 bits per heavy atom. The predicted molar refractivity (Wildman–Crippen MR) is 189 cm³/mol. The van der Waals surface area contributed by atoms with Crippen molar-refractivity contribution in [3.63, 3.8) is 0 Å². The summed E-state index contributed by atoms with van der Waals surface area (Å²) in [5, 5.41) is 10.0. The summed E-state index contributed by atoms with van der Waals surface area (Å²) in [5.74, 6) is -3.66. The van der Waals surface area contributed by atoms with E-state index >= 15 is 0 Å². The van der Waals surface area contributed by atoms with Gasteiger partial charge in [-0.15, -0.1) is 23.2 Å². The minimum absolute atomic E-state index is 0.0132. The highest BCUT2D eigenvalue weighted by molar-refractivity contribution is 9.09. The van der Waals surface area contributed by atoms with Gasteiger partial charge in [-0.1, -0.05) is 64.0 Å². The van der Waals surface area contributed by atoms with Crippen molar-refractivity contribution in [2.75, 3.05) is 24.6 Å². The Hall–Kier alpha value is -4.12. The van der Waals surface area contributed by atoms with Crippen LogP contribution in [0.25, 0.3) is 12.2 Å². The van der Waals surface area contributed by atoms with Crippen LogP contribution in [0.5, 0.6) is 17.2 Å². The molecule has 0 spiro atoms. The molecule has 0 bridgehead atoms. The first-order valence-corrected chi connectivity index (χ1v) is 17.5. The van der Waals surface area contributed by atoms with Crippen molar-refractivity contribution >= 4 is 80.6 Å². The molecule has 252 valence electrons. The molecule has 9 nitrogen and oxygen atoms in total. The van der Waals surface area contributed by atoms with Gasteiger partial charge in [-0.05, 0) is 72.4 Å². The van der Waals surface area contributed by atoms with Crippen LogP contribution >= 0.6 is 39.1 Å². The smallest absolute Gasteiger partial charge is 0.254 e. The van der Waals surface area contributed by atoms with Gasteiger partial charge in [0.2, 0.25) is 11.8 Å². The van der Waals surface area contributed by atoms with Crippen molar-refractivity contribution in [1.29, 1.82) is 0 Å². The van der Waals surface area contributed by atoms with Crippen LogP contribution in [-0.4, -0.2) is 63.1 Å². The van der Waals surface area contributed by atoms with E-state index in [1.165, 1.54) is 17.0 Å². The van der Waals surface area contributed by atoms with Gasteiger partial charge in [-0.2, -0.15) is 0 Å². The van der Waals surface area contributed by atoms with Crippen LogP contribution < -0.4 is 14.4 Å². The Balaban J connectivity index is 1.22. The summed E-state index contributed by atoms with van der Waals surface area (Å²) in [7, 11) is 3.19. The highest BCUT2D eigenvalue weighted by atomic mass is 79.9. The second-order valence-electron chi connectivity index (χ2n) is 12.6. The molecule has 0 radical (unpaired) electrons. The number of likely N-dealkylation sites (tertiary alicyclic amines) is 1. The third kappa shape index (κ3) is 4.94. The second kappa shape index (κ2) is 12.3. The van der Waals surface area contributed by atoms with E-state index in [4.69, 9.17) is 32.7 Å². The molecule has 2 aliphatic carbocycles. The molecule has 3 aromatic rings. The Labute approximate surface area is 301 Å². The Bertz CT molecular complexity index is 1950. The Morgan fingerprint density at radius 3 is 2.27 bits per heavy atom. The van der Waals surface area contributed by atoms with E-state index in [1.54, 1.807) is 38.5 Å². The summed E-state index contributed by atoms with van der Waals surface area (Å²) in [6.07, 6.45) is 5.82. The first kappa shape index (κ1) is 33.4. The van der Waals surface area contributed by atoms with Crippen LogP contribution in [0.2, 0.25) is 0 Å². The number of imide groups is 2. The number of alkyl halides is 3. The van der Waals surface area contributed by atoms with Crippen LogP contribution in [0.3, 0.4) is 0 Å². The molecule has 0 unspecified atom stereocenters. The van der Waals surface area contributed by atoms with E-state index in [9.17, 15) is 24.3 Å². The van der Waals surface area contributed by atoms with Crippen LogP contribution in [0.15, 0.2) is 78.4 Å². The number of hydrogen-bond donors (Lipinski definition) is 1. The van der Waals surface area contributed by atoms with Gasteiger partial charge in [0, 0.05) is 11.5 Å². The zero-order chi connectivity index (χ0) is 34.8. The SMILES string of the molecule is COc1ccc(OC)c(C=Cc2ccc(N3C(=O)[C@H]4[C@H](CC=C5[C@H]4C[C@@]4(Cl)C(=O)N(CBr)C(=O)[C@@]4(Cl)[C@H]5c4ccc(O)cc4)C3=O)cc2)c1. The van der Waals surface area contributed by atoms with Gasteiger partial charge in [0.1, 0.15) is 17.2 Å². The van der Waals surface area contributed by atoms with Crippen molar-refractivity contribution in [2.45, 2.75) is 28.5 Å².